The third-order valence-corrected chi connectivity index (χ3v) is 4.52. The van der Waals surface area contributed by atoms with Crippen LogP contribution in [0.1, 0.15) is 26.2 Å². The van der Waals surface area contributed by atoms with Gasteiger partial charge in [-0.05, 0) is 39.8 Å². The first-order chi connectivity index (χ1) is 11.1. The highest BCUT2D eigenvalue weighted by Crippen LogP contribution is 2.20. The lowest BCUT2D eigenvalue weighted by Gasteiger charge is -2.22. The molecule has 0 aliphatic carbocycles. The quantitative estimate of drug-likeness (QED) is 0.820. The van der Waals surface area contributed by atoms with Crippen LogP contribution < -0.4 is 0 Å². The van der Waals surface area contributed by atoms with Gasteiger partial charge in [-0.3, -0.25) is 4.90 Å². The van der Waals surface area contributed by atoms with Crippen molar-refractivity contribution in [1.82, 2.24) is 19.9 Å². The van der Waals surface area contributed by atoms with Gasteiger partial charge in [-0.25, -0.2) is 0 Å². The zero-order valence-electron chi connectivity index (χ0n) is 14.3. The van der Waals surface area contributed by atoms with E-state index >= 15 is 0 Å². The van der Waals surface area contributed by atoms with E-state index in [1.54, 1.807) is 0 Å². The first kappa shape index (κ1) is 16.1. The van der Waals surface area contributed by atoms with E-state index in [-0.39, 0.29) is 0 Å². The molecule has 23 heavy (non-hydrogen) atoms. The zero-order valence-corrected chi connectivity index (χ0v) is 14.3. The van der Waals surface area contributed by atoms with Gasteiger partial charge in [0.2, 0.25) is 11.7 Å². The third-order valence-electron chi connectivity index (χ3n) is 4.52. The van der Waals surface area contributed by atoms with Crippen LogP contribution in [0.25, 0.3) is 11.4 Å². The maximum absolute atomic E-state index is 5.40. The van der Waals surface area contributed by atoms with Gasteiger partial charge in [0.25, 0.3) is 0 Å². The van der Waals surface area contributed by atoms with Crippen molar-refractivity contribution in [2.75, 3.05) is 26.7 Å². The predicted octanol–water partition coefficient (Wildman–Crippen LogP) is 2.90. The Balaban J connectivity index is 1.53. The maximum atomic E-state index is 5.40. The van der Waals surface area contributed by atoms with Crippen LogP contribution in [-0.2, 0) is 6.54 Å². The van der Waals surface area contributed by atoms with E-state index in [1.807, 2.05) is 30.3 Å². The Morgan fingerprint density at radius 2 is 2.09 bits per heavy atom. The molecular formula is C18H26N4O. The topological polar surface area (TPSA) is 45.4 Å². The van der Waals surface area contributed by atoms with E-state index < -0.39 is 0 Å². The van der Waals surface area contributed by atoms with Gasteiger partial charge < -0.3 is 9.42 Å². The average molecular weight is 314 g/mol. The summed E-state index contributed by atoms with van der Waals surface area (Å²) in [6.07, 6.45) is 1.28. The molecule has 0 spiro atoms. The van der Waals surface area contributed by atoms with Gasteiger partial charge in [-0.1, -0.05) is 35.5 Å². The van der Waals surface area contributed by atoms with Crippen molar-refractivity contribution in [3.05, 3.63) is 36.2 Å². The highest BCUT2D eigenvalue weighted by Gasteiger charge is 2.25. The van der Waals surface area contributed by atoms with Crippen molar-refractivity contribution in [3.8, 4) is 11.4 Å². The predicted molar refractivity (Wildman–Crippen MR) is 90.9 cm³/mol. The summed E-state index contributed by atoms with van der Waals surface area (Å²) in [5.41, 5.74) is 0.994. The molecule has 2 heterocycles. The van der Waals surface area contributed by atoms with Crippen LogP contribution >= 0.6 is 0 Å². The molecule has 2 aromatic rings. The maximum Gasteiger partial charge on any atom is 0.241 e. The SMILES string of the molecule is CC(C)N1CC[C@H](CN(C)Cc2nc(-c3ccccc3)no2)C1. The van der Waals surface area contributed by atoms with Gasteiger partial charge in [0.15, 0.2) is 0 Å². The Kier molecular flexibility index (Phi) is 5.08. The van der Waals surface area contributed by atoms with Crippen molar-refractivity contribution in [2.45, 2.75) is 32.9 Å². The number of likely N-dealkylation sites (tertiary alicyclic amines) is 1. The summed E-state index contributed by atoms with van der Waals surface area (Å²) in [5, 5.41) is 4.09. The summed E-state index contributed by atoms with van der Waals surface area (Å²) in [6.45, 7) is 8.74. The molecule has 1 fully saturated rings. The minimum atomic E-state index is 0.648. The Bertz CT molecular complexity index is 610. The van der Waals surface area contributed by atoms with Crippen LogP contribution in [0.15, 0.2) is 34.9 Å². The highest BCUT2D eigenvalue weighted by atomic mass is 16.5. The van der Waals surface area contributed by atoms with Crippen molar-refractivity contribution in [1.29, 1.82) is 0 Å². The highest BCUT2D eigenvalue weighted by molar-refractivity contribution is 5.53. The van der Waals surface area contributed by atoms with Crippen LogP contribution in [0.3, 0.4) is 0 Å². The molecule has 5 heteroatoms. The van der Waals surface area contributed by atoms with E-state index in [0.29, 0.717) is 24.3 Å². The second kappa shape index (κ2) is 7.23. The van der Waals surface area contributed by atoms with Gasteiger partial charge in [0.1, 0.15) is 0 Å². The van der Waals surface area contributed by atoms with Gasteiger partial charge in [0.05, 0.1) is 6.54 Å². The Labute approximate surface area is 138 Å². The molecule has 3 rings (SSSR count). The fraction of sp³-hybridized carbons (Fsp3) is 0.556. The van der Waals surface area contributed by atoms with Crippen LogP contribution in [0.2, 0.25) is 0 Å². The molecule has 0 amide bonds. The molecule has 1 aliphatic heterocycles. The molecule has 0 radical (unpaired) electrons. The molecule has 1 saturated heterocycles. The lowest BCUT2D eigenvalue weighted by atomic mass is 10.1. The first-order valence-electron chi connectivity index (χ1n) is 8.42. The van der Waals surface area contributed by atoms with Crippen molar-refractivity contribution < 1.29 is 4.52 Å². The Morgan fingerprint density at radius 1 is 1.30 bits per heavy atom. The summed E-state index contributed by atoms with van der Waals surface area (Å²) < 4.78 is 5.40. The van der Waals surface area contributed by atoms with E-state index in [4.69, 9.17) is 4.52 Å². The van der Waals surface area contributed by atoms with E-state index in [0.717, 1.165) is 18.0 Å². The largest absolute Gasteiger partial charge is 0.338 e. The Hall–Kier alpha value is -1.72. The van der Waals surface area contributed by atoms with Crippen molar-refractivity contribution >= 4 is 0 Å². The van der Waals surface area contributed by atoms with Gasteiger partial charge >= 0.3 is 0 Å². The number of benzene rings is 1. The van der Waals surface area contributed by atoms with Crippen LogP contribution in [0.4, 0.5) is 0 Å². The second-order valence-corrected chi connectivity index (χ2v) is 6.82. The normalized spacial score (nSPS) is 19.1. The molecule has 1 aromatic heterocycles. The number of aromatic nitrogens is 2. The van der Waals surface area contributed by atoms with Crippen LogP contribution in [-0.4, -0.2) is 52.7 Å². The Morgan fingerprint density at radius 3 is 2.78 bits per heavy atom. The molecule has 0 saturated carbocycles. The molecule has 5 nitrogen and oxygen atoms in total. The lowest BCUT2D eigenvalue weighted by molar-refractivity contribution is 0.218. The van der Waals surface area contributed by atoms with Crippen molar-refractivity contribution in [3.63, 3.8) is 0 Å². The van der Waals surface area contributed by atoms with Crippen LogP contribution in [0.5, 0.6) is 0 Å². The zero-order chi connectivity index (χ0) is 16.2. The van der Waals surface area contributed by atoms with E-state index in [9.17, 15) is 0 Å². The minimum Gasteiger partial charge on any atom is -0.338 e. The van der Waals surface area contributed by atoms with Gasteiger partial charge in [-0.15, -0.1) is 0 Å². The molecule has 1 aliphatic rings. The van der Waals surface area contributed by atoms with Gasteiger partial charge in [-0.2, -0.15) is 4.98 Å². The number of nitrogens with zero attached hydrogens (tertiary/aromatic N) is 4. The first-order valence-corrected chi connectivity index (χ1v) is 8.42. The number of hydrogen-bond donors (Lipinski definition) is 0. The monoisotopic (exact) mass is 314 g/mol. The molecule has 1 aromatic carbocycles. The summed E-state index contributed by atoms with van der Waals surface area (Å²) in [5.74, 6) is 2.09. The lowest BCUT2D eigenvalue weighted by Crippen LogP contribution is -2.31. The summed E-state index contributed by atoms with van der Waals surface area (Å²) in [7, 11) is 2.13. The molecule has 1 atom stereocenters. The fourth-order valence-corrected chi connectivity index (χ4v) is 3.24. The molecular weight excluding hydrogens is 288 g/mol. The molecule has 0 bridgehead atoms. The fourth-order valence-electron chi connectivity index (χ4n) is 3.24. The summed E-state index contributed by atoms with van der Waals surface area (Å²) >= 11 is 0. The molecule has 124 valence electrons. The standard InChI is InChI=1S/C18H26N4O/c1-14(2)22-10-9-15(12-22)11-21(3)13-17-19-18(20-23-17)16-7-5-4-6-8-16/h4-8,14-15H,9-13H2,1-3H3/t15-/m1/s1. The van der Waals surface area contributed by atoms with E-state index in [1.165, 1.54) is 19.5 Å². The van der Waals surface area contributed by atoms with E-state index in [2.05, 4.69) is 40.8 Å². The van der Waals surface area contributed by atoms with Crippen LogP contribution in [0, 0.1) is 5.92 Å². The molecule has 0 N–H and O–H groups in total. The van der Waals surface area contributed by atoms with Crippen molar-refractivity contribution in [2.24, 2.45) is 5.92 Å². The number of hydrogen-bond acceptors (Lipinski definition) is 5. The third kappa shape index (κ3) is 4.18. The smallest absolute Gasteiger partial charge is 0.241 e. The number of rotatable bonds is 6. The average Bonchev–Trinajstić information content (AvgIpc) is 3.18. The summed E-state index contributed by atoms with van der Waals surface area (Å²) in [4.78, 5) is 9.35. The van der Waals surface area contributed by atoms with Gasteiger partial charge in [0, 0.05) is 24.7 Å². The minimum absolute atomic E-state index is 0.648. The molecule has 0 unspecified atom stereocenters. The summed E-state index contributed by atoms with van der Waals surface area (Å²) in [6, 6.07) is 10.6. The second-order valence-electron chi connectivity index (χ2n) is 6.82.